The predicted molar refractivity (Wildman–Crippen MR) is 95.2 cm³/mol. The van der Waals surface area contributed by atoms with Crippen LogP contribution in [0.25, 0.3) is 0 Å². The monoisotopic (exact) mass is 355 g/mol. The van der Waals surface area contributed by atoms with Crippen LogP contribution in [-0.2, 0) is 16.1 Å². The highest BCUT2D eigenvalue weighted by atomic mass is 16.7. The Bertz CT molecular complexity index is 798. The number of rotatable bonds is 6. The molecule has 1 amide bonds. The van der Waals surface area contributed by atoms with Gasteiger partial charge >= 0.3 is 5.97 Å². The third-order valence-electron chi connectivity index (χ3n) is 4.07. The van der Waals surface area contributed by atoms with Crippen molar-refractivity contribution in [3.05, 3.63) is 59.2 Å². The largest absolute Gasteiger partial charge is 0.454 e. The second-order valence-electron chi connectivity index (χ2n) is 6.32. The summed E-state index contributed by atoms with van der Waals surface area (Å²) in [5, 5.41) is 2.71. The molecule has 0 saturated heterocycles. The maximum absolute atomic E-state index is 12.0. The summed E-state index contributed by atoms with van der Waals surface area (Å²) in [6.45, 7) is 4.36. The van der Waals surface area contributed by atoms with Crippen molar-refractivity contribution in [2.24, 2.45) is 0 Å². The highest BCUT2D eigenvalue weighted by Gasteiger charge is 2.14. The van der Waals surface area contributed by atoms with Gasteiger partial charge in [-0.15, -0.1) is 0 Å². The average Bonchev–Trinajstić information content (AvgIpc) is 3.12. The molecule has 6 nitrogen and oxygen atoms in total. The Morgan fingerprint density at radius 2 is 1.81 bits per heavy atom. The van der Waals surface area contributed by atoms with E-state index in [9.17, 15) is 9.59 Å². The smallest absolute Gasteiger partial charge is 0.338 e. The molecule has 1 aliphatic heterocycles. The van der Waals surface area contributed by atoms with Gasteiger partial charge in [0, 0.05) is 6.54 Å². The molecule has 26 heavy (non-hydrogen) atoms. The number of fused-ring (bicyclic) bond motifs is 1. The summed E-state index contributed by atoms with van der Waals surface area (Å²) in [5.74, 6) is 0.862. The van der Waals surface area contributed by atoms with E-state index in [1.165, 1.54) is 0 Å². The van der Waals surface area contributed by atoms with Gasteiger partial charge in [0.25, 0.3) is 5.91 Å². The third kappa shape index (κ3) is 4.33. The van der Waals surface area contributed by atoms with Crippen molar-refractivity contribution >= 4 is 11.9 Å². The van der Waals surface area contributed by atoms with Crippen LogP contribution in [0.5, 0.6) is 11.5 Å². The second kappa shape index (κ2) is 7.91. The highest BCUT2D eigenvalue weighted by Crippen LogP contribution is 2.32. The Kier molecular flexibility index (Phi) is 5.41. The maximum atomic E-state index is 12.0. The van der Waals surface area contributed by atoms with Crippen LogP contribution in [0.3, 0.4) is 0 Å². The van der Waals surface area contributed by atoms with E-state index >= 15 is 0 Å². The first-order valence-corrected chi connectivity index (χ1v) is 8.45. The van der Waals surface area contributed by atoms with E-state index < -0.39 is 5.97 Å². The van der Waals surface area contributed by atoms with E-state index in [1.807, 2.05) is 24.3 Å². The van der Waals surface area contributed by atoms with Crippen LogP contribution >= 0.6 is 0 Å². The molecule has 6 heteroatoms. The van der Waals surface area contributed by atoms with Gasteiger partial charge in [-0.05, 0) is 41.3 Å². The first kappa shape index (κ1) is 17.8. The van der Waals surface area contributed by atoms with Gasteiger partial charge in [0.1, 0.15) is 0 Å². The normalized spacial score (nSPS) is 12.1. The molecule has 0 saturated carbocycles. The van der Waals surface area contributed by atoms with E-state index in [0.717, 1.165) is 11.1 Å². The highest BCUT2D eigenvalue weighted by molar-refractivity contribution is 5.91. The molecule has 0 bridgehead atoms. The van der Waals surface area contributed by atoms with E-state index in [4.69, 9.17) is 14.2 Å². The number of amides is 1. The number of esters is 1. The minimum absolute atomic E-state index is 0.208. The van der Waals surface area contributed by atoms with Crippen LogP contribution in [0.4, 0.5) is 0 Å². The molecule has 0 unspecified atom stereocenters. The topological polar surface area (TPSA) is 73.9 Å². The molecule has 0 aromatic heterocycles. The van der Waals surface area contributed by atoms with Gasteiger partial charge in [-0.1, -0.05) is 32.0 Å². The Hall–Kier alpha value is -3.02. The number of carbonyl (C=O) groups excluding carboxylic acids is 2. The van der Waals surface area contributed by atoms with Crippen molar-refractivity contribution in [1.29, 1.82) is 0 Å². The van der Waals surface area contributed by atoms with Gasteiger partial charge < -0.3 is 19.5 Å². The summed E-state index contributed by atoms with van der Waals surface area (Å²) < 4.78 is 15.6. The number of benzene rings is 2. The first-order chi connectivity index (χ1) is 12.5. The van der Waals surface area contributed by atoms with Crippen molar-refractivity contribution in [3.8, 4) is 11.5 Å². The van der Waals surface area contributed by atoms with Crippen molar-refractivity contribution in [2.45, 2.75) is 26.3 Å². The van der Waals surface area contributed by atoms with Crippen molar-refractivity contribution < 1.29 is 23.8 Å². The van der Waals surface area contributed by atoms with E-state index in [1.54, 1.807) is 18.2 Å². The van der Waals surface area contributed by atoms with Crippen LogP contribution in [0.15, 0.2) is 42.5 Å². The summed E-state index contributed by atoms with van der Waals surface area (Å²) in [5.41, 5.74) is 2.44. The summed E-state index contributed by atoms with van der Waals surface area (Å²) in [6, 6.07) is 12.7. The molecule has 2 aromatic carbocycles. The van der Waals surface area contributed by atoms with Crippen LogP contribution in [0.1, 0.15) is 41.3 Å². The summed E-state index contributed by atoms with van der Waals surface area (Å²) in [7, 11) is 0. The Morgan fingerprint density at radius 3 is 2.54 bits per heavy atom. The Balaban J connectivity index is 1.45. The SMILES string of the molecule is CC(C)c1ccc(C(=O)OCC(=O)NCc2ccc3c(c2)OCO3)cc1. The van der Waals surface area contributed by atoms with E-state index in [0.29, 0.717) is 29.5 Å². The minimum Gasteiger partial charge on any atom is -0.454 e. The van der Waals surface area contributed by atoms with Gasteiger partial charge in [-0.3, -0.25) is 4.79 Å². The molecule has 0 atom stereocenters. The van der Waals surface area contributed by atoms with Crippen molar-refractivity contribution in [2.75, 3.05) is 13.4 Å². The zero-order valence-electron chi connectivity index (χ0n) is 14.8. The van der Waals surface area contributed by atoms with Gasteiger partial charge in [0.05, 0.1) is 5.56 Å². The molecule has 0 fully saturated rings. The molecule has 2 aromatic rings. The summed E-state index contributed by atoms with van der Waals surface area (Å²) >= 11 is 0. The number of ether oxygens (including phenoxy) is 3. The lowest BCUT2D eigenvalue weighted by atomic mass is 10.0. The van der Waals surface area contributed by atoms with Crippen LogP contribution in [0.2, 0.25) is 0 Å². The summed E-state index contributed by atoms with van der Waals surface area (Å²) in [4.78, 5) is 23.9. The second-order valence-corrected chi connectivity index (χ2v) is 6.32. The minimum atomic E-state index is -0.515. The molecular weight excluding hydrogens is 334 g/mol. The van der Waals surface area contributed by atoms with Crippen LogP contribution in [0, 0.1) is 0 Å². The standard InChI is InChI=1S/C20H21NO5/c1-13(2)15-4-6-16(7-5-15)20(23)24-11-19(22)21-10-14-3-8-17-18(9-14)26-12-25-17/h3-9,13H,10-12H2,1-2H3,(H,21,22). The molecule has 0 radical (unpaired) electrons. The zero-order chi connectivity index (χ0) is 18.5. The Labute approximate surface area is 152 Å². The quantitative estimate of drug-likeness (QED) is 0.807. The molecule has 0 spiro atoms. The molecule has 3 rings (SSSR count). The zero-order valence-corrected chi connectivity index (χ0v) is 14.8. The first-order valence-electron chi connectivity index (χ1n) is 8.45. The fourth-order valence-electron chi connectivity index (χ4n) is 2.52. The molecular formula is C20H21NO5. The fourth-order valence-corrected chi connectivity index (χ4v) is 2.52. The average molecular weight is 355 g/mol. The van der Waals surface area contributed by atoms with Gasteiger partial charge in [-0.2, -0.15) is 0 Å². The van der Waals surface area contributed by atoms with E-state index in [2.05, 4.69) is 19.2 Å². The fraction of sp³-hybridized carbons (Fsp3) is 0.300. The van der Waals surface area contributed by atoms with Gasteiger partial charge in [-0.25, -0.2) is 4.79 Å². The lowest BCUT2D eigenvalue weighted by Gasteiger charge is -2.08. The number of hydrogen-bond donors (Lipinski definition) is 1. The van der Waals surface area contributed by atoms with E-state index in [-0.39, 0.29) is 19.3 Å². The molecule has 1 heterocycles. The van der Waals surface area contributed by atoms with Crippen molar-refractivity contribution in [3.63, 3.8) is 0 Å². The maximum Gasteiger partial charge on any atom is 0.338 e. The van der Waals surface area contributed by atoms with Gasteiger partial charge in [0.2, 0.25) is 6.79 Å². The third-order valence-corrected chi connectivity index (χ3v) is 4.07. The van der Waals surface area contributed by atoms with Crippen LogP contribution < -0.4 is 14.8 Å². The number of hydrogen-bond acceptors (Lipinski definition) is 5. The molecule has 1 aliphatic rings. The predicted octanol–water partition coefficient (Wildman–Crippen LogP) is 3.01. The number of carbonyl (C=O) groups is 2. The lowest BCUT2D eigenvalue weighted by molar-refractivity contribution is -0.124. The number of nitrogens with one attached hydrogen (secondary N) is 1. The molecule has 1 N–H and O–H groups in total. The molecule has 0 aliphatic carbocycles. The Morgan fingerprint density at radius 1 is 1.08 bits per heavy atom. The van der Waals surface area contributed by atoms with Crippen molar-refractivity contribution in [1.82, 2.24) is 5.32 Å². The lowest BCUT2D eigenvalue weighted by Crippen LogP contribution is -2.28. The van der Waals surface area contributed by atoms with Crippen LogP contribution in [-0.4, -0.2) is 25.3 Å². The van der Waals surface area contributed by atoms with Gasteiger partial charge in [0.15, 0.2) is 18.1 Å². The molecule has 136 valence electrons. The summed E-state index contributed by atoms with van der Waals surface area (Å²) in [6.07, 6.45) is 0.